The van der Waals surface area contributed by atoms with E-state index in [2.05, 4.69) is 10.1 Å². The van der Waals surface area contributed by atoms with Crippen molar-refractivity contribution in [3.63, 3.8) is 0 Å². The van der Waals surface area contributed by atoms with Gasteiger partial charge in [-0.3, -0.25) is 14.4 Å². The van der Waals surface area contributed by atoms with Crippen LogP contribution in [0.15, 0.2) is 18.2 Å². The first-order chi connectivity index (χ1) is 12.9. The highest BCUT2D eigenvalue weighted by Gasteiger charge is 2.24. The summed E-state index contributed by atoms with van der Waals surface area (Å²) in [4.78, 5) is 48.2. The maximum absolute atomic E-state index is 12.2. The lowest BCUT2D eigenvalue weighted by Crippen LogP contribution is -2.30. The predicted molar refractivity (Wildman–Crippen MR) is 97.6 cm³/mol. The van der Waals surface area contributed by atoms with Gasteiger partial charge in [0, 0.05) is 25.9 Å². The van der Waals surface area contributed by atoms with E-state index < -0.39 is 18.5 Å². The lowest BCUT2D eigenvalue weighted by molar-refractivity contribution is -0.140. The summed E-state index contributed by atoms with van der Waals surface area (Å²) in [5.41, 5.74) is 0.661. The Morgan fingerprint density at radius 2 is 2.07 bits per heavy atom. The van der Waals surface area contributed by atoms with Gasteiger partial charge in [-0.2, -0.15) is 0 Å². The van der Waals surface area contributed by atoms with Gasteiger partial charge in [-0.05, 0) is 31.0 Å². The van der Waals surface area contributed by atoms with E-state index in [4.69, 9.17) is 16.3 Å². The fourth-order valence-corrected chi connectivity index (χ4v) is 2.80. The van der Waals surface area contributed by atoms with Gasteiger partial charge in [0.15, 0.2) is 6.61 Å². The normalized spacial score (nSPS) is 13.4. The molecule has 1 aliphatic rings. The van der Waals surface area contributed by atoms with Gasteiger partial charge in [0.25, 0.3) is 5.91 Å². The quantitative estimate of drug-likeness (QED) is 0.530. The lowest BCUT2D eigenvalue weighted by Gasteiger charge is -2.18. The van der Waals surface area contributed by atoms with Crippen LogP contribution in [0, 0.1) is 0 Å². The minimum Gasteiger partial charge on any atom is -0.469 e. The van der Waals surface area contributed by atoms with E-state index in [1.807, 2.05) is 0 Å². The highest BCUT2D eigenvalue weighted by Crippen LogP contribution is 2.30. The third-order valence-corrected chi connectivity index (χ3v) is 4.31. The van der Waals surface area contributed by atoms with Crippen molar-refractivity contribution in [1.29, 1.82) is 0 Å². The molecule has 0 atom stereocenters. The Labute approximate surface area is 161 Å². The van der Waals surface area contributed by atoms with Gasteiger partial charge in [-0.15, -0.1) is 0 Å². The second-order valence-corrected chi connectivity index (χ2v) is 6.33. The Bertz CT molecular complexity index is 737. The van der Waals surface area contributed by atoms with Crippen molar-refractivity contribution in [3.05, 3.63) is 28.8 Å². The predicted octanol–water partition coefficient (Wildman–Crippen LogP) is 1.69. The van der Waals surface area contributed by atoms with Gasteiger partial charge >= 0.3 is 11.9 Å². The number of rotatable bonds is 8. The van der Waals surface area contributed by atoms with Crippen LogP contribution in [0.4, 0.5) is 5.69 Å². The molecule has 2 rings (SSSR count). The van der Waals surface area contributed by atoms with Crippen LogP contribution in [0.2, 0.25) is 5.02 Å². The van der Waals surface area contributed by atoms with Crippen LogP contribution in [0.3, 0.4) is 0 Å². The number of carbonyl (C=O) groups is 4. The molecule has 1 aliphatic heterocycles. The summed E-state index contributed by atoms with van der Waals surface area (Å²) in [5, 5.41) is 2.91. The lowest BCUT2D eigenvalue weighted by atomic mass is 10.2. The van der Waals surface area contributed by atoms with Crippen LogP contribution in [-0.2, 0) is 23.9 Å². The van der Waals surface area contributed by atoms with E-state index in [1.54, 1.807) is 0 Å². The first-order valence-corrected chi connectivity index (χ1v) is 8.90. The molecule has 27 heavy (non-hydrogen) atoms. The van der Waals surface area contributed by atoms with Crippen molar-refractivity contribution in [2.45, 2.75) is 25.7 Å². The summed E-state index contributed by atoms with van der Waals surface area (Å²) in [6.07, 6.45) is 1.80. The summed E-state index contributed by atoms with van der Waals surface area (Å²) in [7, 11) is 1.29. The van der Waals surface area contributed by atoms with Gasteiger partial charge in [0.2, 0.25) is 5.91 Å². The smallest absolute Gasteiger partial charge is 0.338 e. The molecule has 0 spiro atoms. The van der Waals surface area contributed by atoms with E-state index in [1.165, 1.54) is 30.2 Å². The van der Waals surface area contributed by atoms with E-state index in [9.17, 15) is 19.2 Å². The molecule has 1 fully saturated rings. The molecule has 2 amide bonds. The zero-order valence-electron chi connectivity index (χ0n) is 15.0. The number of methoxy groups -OCH3 is 1. The third-order valence-electron chi connectivity index (χ3n) is 3.99. The van der Waals surface area contributed by atoms with Gasteiger partial charge in [-0.1, -0.05) is 11.6 Å². The topological polar surface area (TPSA) is 102 Å². The Morgan fingerprint density at radius 1 is 1.30 bits per heavy atom. The molecule has 0 aliphatic carbocycles. The van der Waals surface area contributed by atoms with Gasteiger partial charge in [0.05, 0.1) is 23.4 Å². The maximum Gasteiger partial charge on any atom is 0.338 e. The van der Waals surface area contributed by atoms with Crippen LogP contribution in [0.5, 0.6) is 0 Å². The molecule has 9 heteroatoms. The van der Waals surface area contributed by atoms with Gasteiger partial charge < -0.3 is 19.7 Å². The van der Waals surface area contributed by atoms with E-state index in [-0.39, 0.29) is 30.4 Å². The fraction of sp³-hybridized carbons (Fsp3) is 0.444. The average Bonchev–Trinajstić information content (AvgIpc) is 3.09. The van der Waals surface area contributed by atoms with Crippen LogP contribution in [0.1, 0.15) is 36.0 Å². The Hall–Kier alpha value is -2.61. The Kier molecular flexibility index (Phi) is 7.60. The monoisotopic (exact) mass is 396 g/mol. The first-order valence-electron chi connectivity index (χ1n) is 8.53. The first kappa shape index (κ1) is 20.7. The van der Waals surface area contributed by atoms with Crippen LogP contribution in [0.25, 0.3) is 0 Å². The van der Waals surface area contributed by atoms with Crippen LogP contribution >= 0.6 is 11.6 Å². The molecule has 0 saturated carbocycles. The molecule has 0 radical (unpaired) electrons. The number of anilines is 1. The zero-order valence-corrected chi connectivity index (χ0v) is 15.7. The molecule has 8 nitrogen and oxygen atoms in total. The third kappa shape index (κ3) is 5.96. The number of benzene rings is 1. The highest BCUT2D eigenvalue weighted by atomic mass is 35.5. The molecule has 0 unspecified atom stereocenters. The Balaban J connectivity index is 1.84. The molecular formula is C18H21ClN2O6. The average molecular weight is 397 g/mol. The minimum atomic E-state index is -0.690. The number of esters is 2. The number of nitrogens with zero attached hydrogens (tertiary/aromatic N) is 1. The van der Waals surface area contributed by atoms with Crippen molar-refractivity contribution in [1.82, 2.24) is 5.32 Å². The van der Waals surface area contributed by atoms with E-state index >= 15 is 0 Å². The summed E-state index contributed by atoms with van der Waals surface area (Å²) >= 11 is 6.13. The number of hydrogen-bond acceptors (Lipinski definition) is 6. The fourth-order valence-electron chi connectivity index (χ4n) is 2.58. The number of nitrogens with one attached hydrogen (secondary N) is 1. The molecule has 0 aromatic heterocycles. The van der Waals surface area contributed by atoms with Crippen molar-refractivity contribution in [3.8, 4) is 0 Å². The summed E-state index contributed by atoms with van der Waals surface area (Å²) in [6.45, 7) is 0.371. The van der Waals surface area contributed by atoms with Gasteiger partial charge in [0.1, 0.15) is 0 Å². The summed E-state index contributed by atoms with van der Waals surface area (Å²) in [6, 6.07) is 4.48. The molecule has 1 heterocycles. The SMILES string of the molecule is COC(=O)CCCNC(=O)COC(=O)c1ccc(Cl)c(N2CCCC2=O)c1. The van der Waals surface area contributed by atoms with Crippen molar-refractivity contribution in [2.75, 3.05) is 31.7 Å². The zero-order chi connectivity index (χ0) is 19.8. The molecule has 1 aromatic carbocycles. The minimum absolute atomic E-state index is 0.0475. The highest BCUT2D eigenvalue weighted by molar-refractivity contribution is 6.34. The molecule has 146 valence electrons. The standard InChI is InChI=1S/C18H21ClN2O6/c1-26-17(24)5-2-8-20-15(22)11-27-18(25)12-6-7-13(19)14(10-12)21-9-3-4-16(21)23/h6-7,10H,2-5,8-9,11H2,1H3,(H,20,22). The molecule has 0 bridgehead atoms. The number of hydrogen-bond donors (Lipinski definition) is 1. The van der Waals surface area contributed by atoms with Crippen molar-refractivity contribution < 1.29 is 28.7 Å². The number of carbonyl (C=O) groups excluding carboxylic acids is 4. The van der Waals surface area contributed by atoms with E-state index in [0.29, 0.717) is 30.1 Å². The number of ether oxygens (including phenoxy) is 2. The molecule has 1 N–H and O–H groups in total. The van der Waals surface area contributed by atoms with Crippen molar-refractivity contribution in [2.24, 2.45) is 0 Å². The van der Waals surface area contributed by atoms with Crippen LogP contribution in [-0.4, -0.2) is 50.6 Å². The van der Waals surface area contributed by atoms with E-state index in [0.717, 1.165) is 6.42 Å². The van der Waals surface area contributed by atoms with Crippen LogP contribution < -0.4 is 10.2 Å². The summed E-state index contributed by atoms with van der Waals surface area (Å²) < 4.78 is 9.48. The number of amides is 2. The molecule has 1 saturated heterocycles. The van der Waals surface area contributed by atoms with Crippen molar-refractivity contribution >= 4 is 41.0 Å². The second kappa shape index (κ2) is 9.91. The molecular weight excluding hydrogens is 376 g/mol. The maximum atomic E-state index is 12.2. The largest absolute Gasteiger partial charge is 0.469 e. The van der Waals surface area contributed by atoms with Gasteiger partial charge in [-0.25, -0.2) is 4.79 Å². The second-order valence-electron chi connectivity index (χ2n) is 5.92. The Morgan fingerprint density at radius 3 is 2.74 bits per heavy atom. The number of halogens is 1. The molecule has 1 aromatic rings. The summed E-state index contributed by atoms with van der Waals surface area (Å²) in [5.74, 6) is -1.57.